The molecule has 1 saturated carbocycles. The predicted octanol–water partition coefficient (Wildman–Crippen LogP) is 2.53. The topological polar surface area (TPSA) is 113 Å². The number of benzene rings is 1. The SMILES string of the molecule is COc1cc([C@H]2C3=CCn4c(=O)n(C)c(=O)n4[C@@H]3C[C@@]3(Cl)C(=O)C(Cl)=C(Cl)C(=O)[C@@]23Cl)ccc1O. The van der Waals surface area contributed by atoms with Gasteiger partial charge in [-0.2, -0.15) is 0 Å². The molecule has 1 aromatic carbocycles. The molecule has 0 spiro atoms. The van der Waals surface area contributed by atoms with Gasteiger partial charge in [0.25, 0.3) is 0 Å². The fourth-order valence-corrected chi connectivity index (χ4v) is 6.85. The fourth-order valence-electron chi connectivity index (χ4n) is 5.33. The van der Waals surface area contributed by atoms with Crippen molar-refractivity contribution in [3.63, 3.8) is 0 Å². The van der Waals surface area contributed by atoms with Gasteiger partial charge in [0.1, 0.15) is 19.8 Å². The highest BCUT2D eigenvalue weighted by Gasteiger charge is 2.71. The van der Waals surface area contributed by atoms with Crippen molar-refractivity contribution in [1.29, 1.82) is 0 Å². The molecule has 0 unspecified atom stereocenters. The van der Waals surface area contributed by atoms with E-state index >= 15 is 0 Å². The number of methoxy groups -OCH3 is 1. The van der Waals surface area contributed by atoms with E-state index in [9.17, 15) is 24.3 Å². The minimum absolute atomic E-state index is 0.0151. The third-order valence-corrected chi connectivity index (χ3v) is 9.28. The third-order valence-electron chi connectivity index (χ3n) is 7.03. The van der Waals surface area contributed by atoms with Gasteiger partial charge in [0.15, 0.2) is 23.1 Å². The number of aromatic nitrogens is 3. The highest BCUT2D eigenvalue weighted by Crippen LogP contribution is 2.63. The van der Waals surface area contributed by atoms with E-state index in [2.05, 4.69) is 0 Å². The van der Waals surface area contributed by atoms with E-state index in [1.54, 1.807) is 6.08 Å². The van der Waals surface area contributed by atoms with Crippen LogP contribution in [0.15, 0.2) is 49.5 Å². The Labute approximate surface area is 217 Å². The van der Waals surface area contributed by atoms with Gasteiger partial charge in [-0.3, -0.25) is 9.59 Å². The number of carbonyl (C=O) groups is 2. The van der Waals surface area contributed by atoms with Gasteiger partial charge in [0.05, 0.1) is 19.7 Å². The minimum Gasteiger partial charge on any atom is -0.504 e. The van der Waals surface area contributed by atoms with Crippen molar-refractivity contribution in [3.05, 3.63) is 66.4 Å². The maximum absolute atomic E-state index is 13.6. The first-order valence-corrected chi connectivity index (χ1v) is 11.9. The number of hydrogen-bond donors (Lipinski definition) is 1. The summed E-state index contributed by atoms with van der Waals surface area (Å²) in [5.41, 5.74) is -0.310. The highest BCUT2D eigenvalue weighted by molar-refractivity contribution is 6.66. The maximum Gasteiger partial charge on any atom is 0.347 e. The van der Waals surface area contributed by atoms with Crippen LogP contribution in [0.5, 0.6) is 11.5 Å². The molecule has 2 aromatic rings. The van der Waals surface area contributed by atoms with Crippen LogP contribution in [-0.2, 0) is 23.2 Å². The van der Waals surface area contributed by atoms with Gasteiger partial charge < -0.3 is 9.84 Å². The van der Waals surface area contributed by atoms with Crippen LogP contribution in [0.3, 0.4) is 0 Å². The average Bonchev–Trinajstić information content (AvgIpc) is 3.06. The zero-order chi connectivity index (χ0) is 25.6. The van der Waals surface area contributed by atoms with Crippen LogP contribution in [-0.4, -0.2) is 47.5 Å². The van der Waals surface area contributed by atoms with Crippen LogP contribution in [0.2, 0.25) is 0 Å². The van der Waals surface area contributed by atoms with Crippen LogP contribution in [0, 0.1) is 0 Å². The van der Waals surface area contributed by atoms with Crippen molar-refractivity contribution in [2.45, 2.75) is 34.7 Å². The number of Topliss-reactive ketones (excluding diaryl/α,β-unsaturated/α-hetero) is 2. The minimum atomic E-state index is -2.13. The molecule has 1 N–H and O–H groups in total. The standard InChI is InChI=1S/C22H17Cl4N3O6/c1-27-19(33)28-6-5-10-11(29(28)20(27)34)8-21(25)17(31)15(23)16(24)18(32)22(21,26)14(10)9-3-4-12(30)13(7-9)35-2/h3-5,7,11,14,30H,6,8H2,1-2H3/t11-,14+,21-,22+/m1/s1. The van der Waals surface area contributed by atoms with Gasteiger partial charge in [-0.05, 0) is 23.3 Å². The zero-order valence-corrected chi connectivity index (χ0v) is 21.2. The van der Waals surface area contributed by atoms with Crippen LogP contribution in [0.1, 0.15) is 23.9 Å². The number of halogens is 4. The molecule has 0 radical (unpaired) electrons. The number of phenolic OH excluding ortho intramolecular Hbond substituents is 1. The molecule has 13 heteroatoms. The van der Waals surface area contributed by atoms with Gasteiger partial charge in [-0.1, -0.05) is 35.3 Å². The molecule has 1 aliphatic heterocycles. The Hall–Kier alpha value is -2.46. The summed E-state index contributed by atoms with van der Waals surface area (Å²) >= 11 is 26.4. The van der Waals surface area contributed by atoms with E-state index in [4.69, 9.17) is 51.1 Å². The molecule has 2 aliphatic carbocycles. The lowest BCUT2D eigenvalue weighted by molar-refractivity contribution is -0.128. The second-order valence-corrected chi connectivity index (χ2v) is 10.6. The van der Waals surface area contributed by atoms with E-state index in [1.165, 1.54) is 41.7 Å². The molecule has 5 rings (SSSR count). The average molecular weight is 561 g/mol. The number of hydrogen-bond acceptors (Lipinski definition) is 6. The molecule has 0 amide bonds. The molecule has 1 aromatic heterocycles. The van der Waals surface area contributed by atoms with Crippen molar-refractivity contribution < 1.29 is 19.4 Å². The second kappa shape index (κ2) is 7.77. The van der Waals surface area contributed by atoms with E-state index in [-0.39, 0.29) is 24.5 Å². The van der Waals surface area contributed by atoms with E-state index in [0.717, 1.165) is 4.57 Å². The number of allylic oxidation sites excluding steroid dienone is 4. The van der Waals surface area contributed by atoms with Gasteiger partial charge in [-0.25, -0.2) is 23.5 Å². The third kappa shape index (κ3) is 2.89. The Morgan fingerprint density at radius 2 is 1.71 bits per heavy atom. The summed E-state index contributed by atoms with van der Waals surface area (Å²) in [6, 6.07) is 3.42. The zero-order valence-electron chi connectivity index (χ0n) is 18.2. The van der Waals surface area contributed by atoms with Gasteiger partial charge >= 0.3 is 11.4 Å². The summed E-state index contributed by atoms with van der Waals surface area (Å²) in [7, 11) is 2.69. The lowest BCUT2D eigenvalue weighted by Gasteiger charge is -2.54. The van der Waals surface area contributed by atoms with Crippen LogP contribution in [0.4, 0.5) is 0 Å². The first kappa shape index (κ1) is 24.2. The largest absolute Gasteiger partial charge is 0.504 e. The number of aromatic hydroxyl groups is 1. The number of fused-ring (bicyclic) bond motifs is 4. The van der Waals surface area contributed by atoms with Crippen LogP contribution in [0.25, 0.3) is 0 Å². The summed E-state index contributed by atoms with van der Waals surface area (Å²) in [5, 5.41) is 9.04. The lowest BCUT2D eigenvalue weighted by atomic mass is 9.59. The summed E-state index contributed by atoms with van der Waals surface area (Å²) in [4.78, 5) is 48.5. The molecule has 35 heavy (non-hydrogen) atoms. The summed E-state index contributed by atoms with van der Waals surface area (Å²) in [5.74, 6) is -2.88. The molecule has 2 heterocycles. The summed E-state index contributed by atoms with van der Waals surface area (Å²) < 4.78 is 8.62. The van der Waals surface area contributed by atoms with Crippen molar-refractivity contribution >= 4 is 58.0 Å². The number of alkyl halides is 2. The summed E-state index contributed by atoms with van der Waals surface area (Å²) in [6.45, 7) is 0.0151. The summed E-state index contributed by atoms with van der Waals surface area (Å²) in [6.07, 6.45) is 1.38. The van der Waals surface area contributed by atoms with Crippen molar-refractivity contribution in [1.82, 2.24) is 13.9 Å². The molecule has 0 bridgehead atoms. The van der Waals surface area contributed by atoms with Gasteiger partial charge in [0.2, 0.25) is 0 Å². The Morgan fingerprint density at radius 3 is 2.37 bits per heavy atom. The van der Waals surface area contributed by atoms with Crippen LogP contribution >= 0.6 is 46.4 Å². The fraction of sp³-hybridized carbons (Fsp3) is 0.364. The molecular formula is C22H17Cl4N3O6. The number of carbonyl (C=O) groups excluding carboxylic acids is 2. The molecule has 4 atom stereocenters. The lowest BCUT2D eigenvalue weighted by Crippen LogP contribution is -2.67. The van der Waals surface area contributed by atoms with Crippen molar-refractivity contribution in [3.8, 4) is 11.5 Å². The second-order valence-electron chi connectivity index (χ2n) is 8.64. The number of ether oxygens (including phenoxy) is 1. The monoisotopic (exact) mass is 559 g/mol. The number of nitrogens with zero attached hydrogens (tertiary/aromatic N) is 3. The molecule has 0 saturated heterocycles. The Morgan fingerprint density at radius 1 is 1.06 bits per heavy atom. The Bertz CT molecular complexity index is 1520. The van der Waals surface area contributed by atoms with Crippen LogP contribution < -0.4 is 16.1 Å². The van der Waals surface area contributed by atoms with Gasteiger partial charge in [-0.15, -0.1) is 23.2 Å². The normalized spacial score (nSPS) is 29.9. The first-order chi connectivity index (χ1) is 16.4. The molecule has 3 aliphatic rings. The Balaban J connectivity index is 1.86. The molecule has 9 nitrogen and oxygen atoms in total. The van der Waals surface area contributed by atoms with Gasteiger partial charge in [0, 0.05) is 19.4 Å². The molecular weight excluding hydrogens is 544 g/mol. The number of ketones is 2. The maximum atomic E-state index is 13.6. The van der Waals surface area contributed by atoms with E-state index in [0.29, 0.717) is 11.1 Å². The molecule has 184 valence electrons. The number of phenols is 1. The Kier molecular flexibility index (Phi) is 5.38. The van der Waals surface area contributed by atoms with Crippen molar-refractivity contribution in [2.75, 3.05) is 7.11 Å². The smallest absolute Gasteiger partial charge is 0.347 e. The predicted molar refractivity (Wildman–Crippen MR) is 129 cm³/mol. The van der Waals surface area contributed by atoms with E-state index in [1.807, 2.05) is 0 Å². The highest BCUT2D eigenvalue weighted by atomic mass is 35.5. The first-order valence-electron chi connectivity index (χ1n) is 10.4. The number of rotatable bonds is 2. The quantitative estimate of drug-likeness (QED) is 0.446. The van der Waals surface area contributed by atoms with E-state index < -0.39 is 54.7 Å². The molecule has 1 fully saturated rings. The van der Waals surface area contributed by atoms with Crippen molar-refractivity contribution in [2.24, 2.45) is 7.05 Å².